The summed E-state index contributed by atoms with van der Waals surface area (Å²) in [6.07, 6.45) is 0. The maximum Gasteiger partial charge on any atom is 0.136 e. The van der Waals surface area contributed by atoms with Crippen molar-refractivity contribution in [1.29, 1.82) is 0 Å². The van der Waals surface area contributed by atoms with Gasteiger partial charge in [0.2, 0.25) is 0 Å². The van der Waals surface area contributed by atoms with E-state index in [1.807, 2.05) is 23.5 Å². The lowest BCUT2D eigenvalue weighted by Gasteiger charge is -2.26. The summed E-state index contributed by atoms with van der Waals surface area (Å²) in [5, 5.41) is 7.39. The Morgan fingerprint density at radius 3 is 1.66 bits per heavy atom. The molecule has 58 heavy (non-hydrogen) atoms. The van der Waals surface area contributed by atoms with E-state index in [-0.39, 0.29) is 0 Å². The Morgan fingerprint density at radius 1 is 0.345 bits per heavy atom. The first kappa shape index (κ1) is 32.8. The molecule has 0 unspecified atom stereocenters. The molecule has 4 heteroatoms. The van der Waals surface area contributed by atoms with E-state index in [9.17, 15) is 0 Å². The minimum absolute atomic E-state index is 0.904. The first-order chi connectivity index (χ1) is 28.7. The molecule has 3 heterocycles. The van der Waals surface area contributed by atoms with Crippen LogP contribution in [-0.2, 0) is 0 Å². The Bertz CT molecular complexity index is 3500. The lowest BCUT2D eigenvalue weighted by Crippen LogP contribution is -2.09. The standard InChI is InChI=1S/C54H34N2OS/c1-2-10-39(11-3-1)56-49-15-7-4-12-43(49)44-29-22-37(32-50(44)56)35-18-24-40(25-19-35)55(42-28-31-48-47-14-6-9-17-53(47)58-54(48)34-42)41-26-20-36(21-27-41)38-23-30-46-45-13-5-8-16-51(45)57-52(46)33-38/h1-34H. The zero-order chi connectivity index (χ0) is 38.2. The van der Waals surface area contributed by atoms with Crippen LogP contribution in [0.3, 0.4) is 0 Å². The fourth-order valence-corrected chi connectivity index (χ4v) is 9.96. The summed E-state index contributed by atoms with van der Waals surface area (Å²) < 4.78 is 11.2. The maximum absolute atomic E-state index is 6.24. The number of hydrogen-bond donors (Lipinski definition) is 0. The van der Waals surface area contributed by atoms with Crippen LogP contribution in [0.5, 0.6) is 0 Å². The molecule has 12 aromatic rings. The van der Waals surface area contributed by atoms with E-state index in [0.29, 0.717) is 0 Å². The third-order valence-corrected chi connectivity index (χ3v) is 12.7. The summed E-state index contributed by atoms with van der Waals surface area (Å²) >= 11 is 1.85. The highest BCUT2D eigenvalue weighted by molar-refractivity contribution is 7.25. The molecule has 0 radical (unpaired) electrons. The van der Waals surface area contributed by atoms with Crippen LogP contribution in [0.4, 0.5) is 17.1 Å². The van der Waals surface area contributed by atoms with Crippen molar-refractivity contribution in [3.63, 3.8) is 0 Å². The van der Waals surface area contributed by atoms with Gasteiger partial charge in [-0.2, -0.15) is 0 Å². The molecule has 0 aliphatic heterocycles. The van der Waals surface area contributed by atoms with Gasteiger partial charge in [0.25, 0.3) is 0 Å². The molecule has 0 atom stereocenters. The van der Waals surface area contributed by atoms with Crippen molar-refractivity contribution in [2.24, 2.45) is 0 Å². The number of fused-ring (bicyclic) bond motifs is 9. The van der Waals surface area contributed by atoms with Crippen LogP contribution >= 0.6 is 11.3 Å². The fraction of sp³-hybridized carbons (Fsp3) is 0. The summed E-state index contributed by atoms with van der Waals surface area (Å²) in [6.45, 7) is 0. The van der Waals surface area contributed by atoms with Crippen LogP contribution in [-0.4, -0.2) is 4.57 Å². The van der Waals surface area contributed by atoms with Crippen molar-refractivity contribution in [2.45, 2.75) is 0 Å². The molecule has 3 nitrogen and oxygen atoms in total. The van der Waals surface area contributed by atoms with E-state index in [1.54, 1.807) is 0 Å². The van der Waals surface area contributed by atoms with Crippen LogP contribution in [0.25, 0.3) is 91.9 Å². The number of nitrogens with zero attached hydrogens (tertiary/aromatic N) is 2. The quantitative estimate of drug-likeness (QED) is 0.168. The molecular weight excluding hydrogens is 725 g/mol. The number of para-hydroxylation sites is 3. The van der Waals surface area contributed by atoms with Crippen molar-refractivity contribution in [1.82, 2.24) is 4.57 Å². The first-order valence-corrected chi connectivity index (χ1v) is 20.5. The second-order valence-electron chi connectivity index (χ2n) is 14.9. The molecule has 272 valence electrons. The molecule has 0 saturated carbocycles. The summed E-state index contributed by atoms with van der Waals surface area (Å²) in [4.78, 5) is 2.37. The number of furan rings is 1. The van der Waals surface area contributed by atoms with Crippen LogP contribution < -0.4 is 4.90 Å². The van der Waals surface area contributed by atoms with E-state index in [0.717, 1.165) is 55.8 Å². The van der Waals surface area contributed by atoms with E-state index in [1.165, 1.54) is 53.1 Å². The molecule has 0 N–H and O–H groups in total. The van der Waals surface area contributed by atoms with Gasteiger partial charge in [-0.25, -0.2) is 0 Å². The predicted molar refractivity (Wildman–Crippen MR) is 247 cm³/mol. The SMILES string of the molecule is c1ccc(-n2c3ccccc3c3ccc(-c4ccc(N(c5ccc(-c6ccc7c(c6)oc6ccccc67)cc5)c5ccc6c(c5)sc5ccccc56)cc4)cc32)cc1. The van der Waals surface area contributed by atoms with Crippen LogP contribution in [0, 0.1) is 0 Å². The first-order valence-electron chi connectivity index (χ1n) is 19.7. The zero-order valence-corrected chi connectivity index (χ0v) is 32.2. The molecule has 0 aliphatic carbocycles. The predicted octanol–water partition coefficient (Wildman–Crippen LogP) is 15.9. The molecule has 0 bridgehead atoms. The molecule has 0 saturated heterocycles. The van der Waals surface area contributed by atoms with Crippen molar-refractivity contribution in [3.05, 3.63) is 206 Å². The second kappa shape index (κ2) is 13.1. The summed E-state index contributed by atoms with van der Waals surface area (Å²) in [7, 11) is 0. The van der Waals surface area contributed by atoms with Gasteiger partial charge in [0.05, 0.1) is 11.0 Å². The maximum atomic E-state index is 6.24. The Morgan fingerprint density at radius 2 is 0.879 bits per heavy atom. The van der Waals surface area contributed by atoms with Gasteiger partial charge in [-0.3, -0.25) is 0 Å². The lowest BCUT2D eigenvalue weighted by atomic mass is 10.0. The van der Waals surface area contributed by atoms with Gasteiger partial charge >= 0.3 is 0 Å². The Hall–Kier alpha value is -7.40. The van der Waals surface area contributed by atoms with Gasteiger partial charge in [0, 0.05) is 64.5 Å². The lowest BCUT2D eigenvalue weighted by molar-refractivity contribution is 0.669. The summed E-state index contributed by atoms with van der Waals surface area (Å²) in [5.74, 6) is 0. The Balaban J connectivity index is 0.952. The normalized spacial score (nSPS) is 11.8. The molecular formula is C54H34N2OS. The number of hydrogen-bond acceptors (Lipinski definition) is 3. The number of aromatic nitrogens is 1. The van der Waals surface area contributed by atoms with Gasteiger partial charge in [-0.15, -0.1) is 11.3 Å². The third kappa shape index (κ3) is 5.27. The number of benzene rings is 9. The van der Waals surface area contributed by atoms with Crippen molar-refractivity contribution < 1.29 is 4.42 Å². The van der Waals surface area contributed by atoms with Gasteiger partial charge in [-0.05, 0) is 107 Å². The molecule has 0 fully saturated rings. The third-order valence-electron chi connectivity index (χ3n) is 11.6. The monoisotopic (exact) mass is 758 g/mol. The van der Waals surface area contributed by atoms with E-state index >= 15 is 0 Å². The fourth-order valence-electron chi connectivity index (χ4n) is 8.82. The van der Waals surface area contributed by atoms with Gasteiger partial charge in [0.15, 0.2) is 0 Å². The van der Waals surface area contributed by atoms with Crippen molar-refractivity contribution in [3.8, 4) is 27.9 Å². The van der Waals surface area contributed by atoms with Crippen LogP contribution in [0.15, 0.2) is 211 Å². The van der Waals surface area contributed by atoms with E-state index in [2.05, 4.69) is 204 Å². The Labute approximate surface area is 338 Å². The number of anilines is 3. The topological polar surface area (TPSA) is 21.3 Å². The summed E-state index contributed by atoms with van der Waals surface area (Å²) in [6, 6.07) is 74.5. The van der Waals surface area contributed by atoms with Gasteiger partial charge in [-0.1, -0.05) is 121 Å². The van der Waals surface area contributed by atoms with E-state index in [4.69, 9.17) is 4.42 Å². The van der Waals surface area contributed by atoms with Gasteiger partial charge < -0.3 is 13.9 Å². The molecule has 0 spiro atoms. The smallest absolute Gasteiger partial charge is 0.136 e. The highest BCUT2D eigenvalue weighted by atomic mass is 32.1. The second-order valence-corrected chi connectivity index (χ2v) is 16.0. The van der Waals surface area contributed by atoms with Crippen molar-refractivity contribution >= 4 is 92.3 Å². The molecule has 0 amide bonds. The van der Waals surface area contributed by atoms with E-state index < -0.39 is 0 Å². The minimum atomic E-state index is 0.904. The van der Waals surface area contributed by atoms with Gasteiger partial charge in [0.1, 0.15) is 11.2 Å². The largest absolute Gasteiger partial charge is 0.456 e. The number of rotatable bonds is 6. The van der Waals surface area contributed by atoms with Crippen molar-refractivity contribution in [2.75, 3.05) is 4.90 Å². The summed E-state index contributed by atoms with van der Waals surface area (Å²) in [5.41, 5.74) is 13.3. The average molecular weight is 759 g/mol. The highest BCUT2D eigenvalue weighted by Gasteiger charge is 2.17. The average Bonchev–Trinajstić information content (AvgIpc) is 3.96. The Kier molecular flexibility index (Phi) is 7.40. The molecule has 12 rings (SSSR count). The van der Waals surface area contributed by atoms with Crippen LogP contribution in [0.1, 0.15) is 0 Å². The minimum Gasteiger partial charge on any atom is -0.456 e. The number of thiophene rings is 1. The molecule has 0 aliphatic rings. The zero-order valence-electron chi connectivity index (χ0n) is 31.3. The molecule has 3 aromatic heterocycles. The van der Waals surface area contributed by atoms with Crippen LogP contribution in [0.2, 0.25) is 0 Å². The molecule has 9 aromatic carbocycles. The highest BCUT2D eigenvalue weighted by Crippen LogP contribution is 2.42.